The third-order valence-electron chi connectivity index (χ3n) is 4.99. The molecule has 1 unspecified atom stereocenters. The van der Waals surface area contributed by atoms with E-state index in [0.29, 0.717) is 16.1 Å². The molecule has 0 spiro atoms. The van der Waals surface area contributed by atoms with Gasteiger partial charge in [0.15, 0.2) is 0 Å². The van der Waals surface area contributed by atoms with Gasteiger partial charge in [-0.05, 0) is 38.5 Å². The molecule has 0 fully saturated rings. The molecular weight excluding hydrogens is 378 g/mol. The fourth-order valence-corrected chi connectivity index (χ4v) is 3.50. The van der Waals surface area contributed by atoms with Gasteiger partial charge in [0.2, 0.25) is 5.91 Å². The quantitative estimate of drug-likeness (QED) is 0.720. The Labute approximate surface area is 165 Å². The molecule has 1 aliphatic rings. The average molecular weight is 397 g/mol. The number of aromatic nitrogens is 1. The maximum Gasteiger partial charge on any atom is 0.252 e. The first kappa shape index (κ1) is 20.3. The zero-order valence-electron chi connectivity index (χ0n) is 16.1. The smallest absolute Gasteiger partial charge is 0.252 e. The summed E-state index contributed by atoms with van der Waals surface area (Å²) < 4.78 is 27.1. The molecule has 0 bridgehead atoms. The van der Waals surface area contributed by atoms with Crippen LogP contribution in [-0.4, -0.2) is 10.9 Å². The van der Waals surface area contributed by atoms with Gasteiger partial charge in [-0.1, -0.05) is 6.07 Å². The minimum Gasteiger partial charge on any atom is -0.367 e. The van der Waals surface area contributed by atoms with E-state index < -0.39 is 35.1 Å². The van der Waals surface area contributed by atoms with Crippen LogP contribution in [-0.2, 0) is 4.79 Å². The van der Waals surface area contributed by atoms with Crippen molar-refractivity contribution in [3.63, 3.8) is 0 Å². The fraction of sp³-hybridized carbons (Fsp3) is 0.238. The zero-order valence-corrected chi connectivity index (χ0v) is 16.1. The van der Waals surface area contributed by atoms with Gasteiger partial charge in [-0.2, -0.15) is 5.26 Å². The number of carbonyl (C=O) groups is 1. The Morgan fingerprint density at radius 3 is 2.66 bits per heavy atom. The van der Waals surface area contributed by atoms with Crippen LogP contribution < -0.4 is 26.8 Å². The number of pyridine rings is 1. The summed E-state index contributed by atoms with van der Waals surface area (Å²) >= 11 is 0. The molecule has 2 aromatic rings. The second-order valence-corrected chi connectivity index (χ2v) is 6.86. The highest BCUT2D eigenvalue weighted by Crippen LogP contribution is 2.20. The van der Waals surface area contributed by atoms with E-state index in [1.54, 1.807) is 33.4 Å². The van der Waals surface area contributed by atoms with Crippen molar-refractivity contribution in [1.82, 2.24) is 15.6 Å². The Bertz CT molecular complexity index is 1210. The number of benzene rings is 1. The number of nitrogens with one attached hydrogen (secondary N) is 3. The van der Waals surface area contributed by atoms with E-state index in [1.165, 1.54) is 6.07 Å². The van der Waals surface area contributed by atoms with Crippen molar-refractivity contribution in [2.24, 2.45) is 0 Å². The van der Waals surface area contributed by atoms with Crippen molar-refractivity contribution in [1.29, 1.82) is 5.26 Å². The molecule has 0 aliphatic carbocycles. The summed E-state index contributed by atoms with van der Waals surface area (Å²) in [5.41, 5.74) is 0.705. The summed E-state index contributed by atoms with van der Waals surface area (Å²) in [7, 11) is 0. The van der Waals surface area contributed by atoms with Crippen LogP contribution in [0.2, 0.25) is 0 Å². The van der Waals surface area contributed by atoms with Gasteiger partial charge in [0.25, 0.3) is 5.56 Å². The molecule has 1 aromatic heterocycles. The first-order valence-electron chi connectivity index (χ1n) is 8.97. The van der Waals surface area contributed by atoms with Crippen molar-refractivity contribution in [2.75, 3.05) is 0 Å². The second-order valence-electron chi connectivity index (χ2n) is 6.86. The van der Waals surface area contributed by atoms with E-state index in [0.717, 1.165) is 12.1 Å². The number of nitrogens with zero attached hydrogens (tertiary/aromatic N) is 1. The third kappa shape index (κ3) is 3.76. The number of H-pyrrole nitrogens is 1. The van der Waals surface area contributed by atoms with E-state index in [1.807, 2.05) is 6.07 Å². The Morgan fingerprint density at radius 2 is 2.00 bits per heavy atom. The van der Waals surface area contributed by atoms with Crippen molar-refractivity contribution in [3.05, 3.63) is 74.0 Å². The van der Waals surface area contributed by atoms with Crippen molar-refractivity contribution in [3.8, 4) is 6.07 Å². The van der Waals surface area contributed by atoms with Crippen LogP contribution in [0.5, 0.6) is 0 Å². The van der Waals surface area contributed by atoms with Crippen LogP contribution in [0.3, 0.4) is 0 Å². The molecule has 1 aliphatic heterocycles. The molecule has 6 nitrogen and oxygen atoms in total. The molecule has 29 heavy (non-hydrogen) atoms. The van der Waals surface area contributed by atoms with Gasteiger partial charge in [0.1, 0.15) is 23.4 Å². The lowest BCUT2D eigenvalue weighted by Crippen LogP contribution is -2.46. The first-order valence-corrected chi connectivity index (χ1v) is 8.97. The fourth-order valence-electron chi connectivity index (χ4n) is 3.50. The van der Waals surface area contributed by atoms with Crippen molar-refractivity contribution >= 4 is 17.7 Å². The Kier molecular flexibility index (Phi) is 5.50. The maximum absolute atomic E-state index is 14.0. The molecular formula is C21H19F2N4O2. The number of rotatable bonds is 4. The largest absolute Gasteiger partial charge is 0.367 e. The van der Waals surface area contributed by atoms with Crippen molar-refractivity contribution < 1.29 is 13.6 Å². The van der Waals surface area contributed by atoms with E-state index >= 15 is 0 Å². The first-order chi connectivity index (χ1) is 13.7. The molecule has 3 rings (SSSR count). The van der Waals surface area contributed by atoms with Gasteiger partial charge in [-0.3, -0.25) is 9.59 Å². The number of hydrogen-bond acceptors (Lipinski definition) is 4. The topological polar surface area (TPSA) is 97.8 Å². The molecule has 1 amide bonds. The summed E-state index contributed by atoms with van der Waals surface area (Å²) in [5.74, 6) is -2.82. The van der Waals surface area contributed by atoms with Gasteiger partial charge in [-0.25, -0.2) is 8.78 Å². The SMILES string of the molecule is Cc1c(C(C)C(=O)N[C@@H](C)c2ccc(F)cc2F)c(=O)[nH]c2c1=C(C#N)N[CH]C=2. The predicted octanol–water partition coefficient (Wildman–Crippen LogP) is 1.12. The number of carbonyl (C=O) groups excluding carboxylic acids is 1. The van der Waals surface area contributed by atoms with E-state index in [4.69, 9.17) is 0 Å². The van der Waals surface area contributed by atoms with E-state index in [9.17, 15) is 23.6 Å². The van der Waals surface area contributed by atoms with E-state index in [-0.39, 0.29) is 16.8 Å². The molecule has 1 radical (unpaired) electrons. The lowest BCUT2D eigenvalue weighted by Gasteiger charge is -2.20. The Morgan fingerprint density at radius 1 is 1.28 bits per heavy atom. The molecule has 0 saturated carbocycles. The van der Waals surface area contributed by atoms with Crippen LogP contribution in [0.25, 0.3) is 11.8 Å². The van der Waals surface area contributed by atoms with Gasteiger partial charge >= 0.3 is 0 Å². The predicted molar refractivity (Wildman–Crippen MR) is 103 cm³/mol. The minimum atomic E-state index is -0.860. The van der Waals surface area contributed by atoms with Crippen LogP contribution in [0, 0.1) is 36.4 Å². The minimum absolute atomic E-state index is 0.137. The molecule has 149 valence electrons. The van der Waals surface area contributed by atoms with Gasteiger partial charge in [-0.15, -0.1) is 0 Å². The molecule has 2 heterocycles. The standard InChI is InChI=1S/C21H19F2N4O2/c1-10-18(21(29)27-16-6-7-25-17(9-24)19(10)16)11(2)20(28)26-12(3)14-5-4-13(22)8-15(14)23/h4-8,11-12,25H,1-3H3,(H,26,28)(H,27,29)/t11?,12-/m0/s1. The summed E-state index contributed by atoms with van der Waals surface area (Å²) in [6.45, 7) is 6.35. The van der Waals surface area contributed by atoms with Crippen LogP contribution in [0.1, 0.15) is 42.5 Å². The number of nitriles is 1. The summed E-state index contributed by atoms with van der Waals surface area (Å²) in [6.07, 6.45) is 1.64. The second kappa shape index (κ2) is 7.87. The maximum atomic E-state index is 14.0. The highest BCUT2D eigenvalue weighted by Gasteiger charge is 2.25. The molecule has 3 N–H and O–H groups in total. The molecule has 1 aromatic carbocycles. The number of aromatic amines is 1. The lowest BCUT2D eigenvalue weighted by atomic mass is 9.94. The van der Waals surface area contributed by atoms with Crippen molar-refractivity contribution in [2.45, 2.75) is 32.7 Å². The summed E-state index contributed by atoms with van der Waals surface area (Å²) in [6, 6.07) is 4.44. The summed E-state index contributed by atoms with van der Waals surface area (Å²) in [4.78, 5) is 28.1. The third-order valence-corrected chi connectivity index (χ3v) is 4.99. The Balaban J connectivity index is 1.97. The van der Waals surface area contributed by atoms with Gasteiger partial charge in [0, 0.05) is 27.8 Å². The van der Waals surface area contributed by atoms with Crippen LogP contribution in [0.4, 0.5) is 8.78 Å². The zero-order chi connectivity index (χ0) is 21.3. The molecule has 0 saturated heterocycles. The number of halogens is 2. The van der Waals surface area contributed by atoms with E-state index in [2.05, 4.69) is 15.6 Å². The highest BCUT2D eigenvalue weighted by atomic mass is 19.1. The Hall–Kier alpha value is -3.47. The lowest BCUT2D eigenvalue weighted by molar-refractivity contribution is -0.122. The van der Waals surface area contributed by atoms with Gasteiger partial charge < -0.3 is 15.6 Å². The molecule has 2 atom stereocenters. The normalized spacial score (nSPS) is 14.7. The molecule has 8 heteroatoms. The van der Waals surface area contributed by atoms with Gasteiger partial charge in [0.05, 0.1) is 18.5 Å². The average Bonchev–Trinajstić information content (AvgIpc) is 2.66. The monoisotopic (exact) mass is 397 g/mol. The number of hydrogen-bond donors (Lipinski definition) is 3. The number of amides is 1. The van der Waals surface area contributed by atoms with Crippen LogP contribution >= 0.6 is 0 Å². The van der Waals surface area contributed by atoms with Crippen LogP contribution in [0.15, 0.2) is 23.0 Å². The summed E-state index contributed by atoms with van der Waals surface area (Å²) in [5, 5.41) is 15.8. The number of fused-ring (bicyclic) bond motifs is 1. The highest BCUT2D eigenvalue weighted by molar-refractivity contribution is 5.84.